The van der Waals surface area contributed by atoms with Gasteiger partial charge in [-0.15, -0.1) is 0 Å². The van der Waals surface area contributed by atoms with E-state index in [1.165, 1.54) is 30.3 Å². The van der Waals surface area contributed by atoms with Crippen LogP contribution in [0.4, 0.5) is 11.4 Å². The van der Waals surface area contributed by atoms with Crippen LogP contribution in [0.2, 0.25) is 15.1 Å². The van der Waals surface area contributed by atoms with E-state index in [-0.39, 0.29) is 55.4 Å². The second-order valence-electron chi connectivity index (χ2n) is 7.99. The van der Waals surface area contributed by atoms with Gasteiger partial charge in [0.1, 0.15) is 11.4 Å². The van der Waals surface area contributed by atoms with E-state index in [4.69, 9.17) is 34.8 Å². The quantitative estimate of drug-likeness (QED) is 0.0937. The third kappa shape index (κ3) is 6.93. The molecule has 2 amide bonds. The molecule has 0 unspecified atom stereocenters. The highest BCUT2D eigenvalue weighted by Crippen LogP contribution is 2.32. The number of carbonyl (C=O) groups is 2. The number of hydrogen-bond donors (Lipinski definition) is 3. The number of pyridine rings is 1. The zero-order valence-electron chi connectivity index (χ0n) is 19.7. The smallest absolute Gasteiger partial charge is 0.305 e. The number of nitrogens with one attached hydrogen (secondary N) is 3. The van der Waals surface area contributed by atoms with Crippen molar-refractivity contribution in [1.82, 2.24) is 15.4 Å². The molecule has 4 rings (SSSR count). The van der Waals surface area contributed by atoms with Gasteiger partial charge in [-0.3, -0.25) is 24.5 Å². The van der Waals surface area contributed by atoms with E-state index in [0.717, 1.165) is 0 Å². The lowest BCUT2D eigenvalue weighted by Gasteiger charge is -2.11. The van der Waals surface area contributed by atoms with Crippen LogP contribution in [-0.4, -0.2) is 32.4 Å². The number of benzene rings is 2. The molecule has 0 bridgehead atoms. The Bertz CT molecular complexity index is 1690. The lowest BCUT2D eigenvalue weighted by atomic mass is 10.1. The molecule has 198 valence electrons. The second kappa shape index (κ2) is 12.0. The molecule has 0 aliphatic rings. The Morgan fingerprint density at radius 2 is 1.77 bits per heavy atom. The first-order chi connectivity index (χ1) is 18.6. The third-order valence-electron chi connectivity index (χ3n) is 5.23. The lowest BCUT2D eigenvalue weighted by molar-refractivity contribution is -0.684. The molecule has 3 N–H and O–H groups in total. The summed E-state index contributed by atoms with van der Waals surface area (Å²) in [6.07, 6.45) is 2.93. The number of amides is 2. The first-order valence-corrected chi connectivity index (χ1v) is 12.2. The fraction of sp³-hybridized carbons (Fsp3) is 0.0833. The average Bonchev–Trinajstić information content (AvgIpc) is 2.90. The third-order valence-corrected chi connectivity index (χ3v) is 6.27. The van der Waals surface area contributed by atoms with Gasteiger partial charge in [0, 0.05) is 30.7 Å². The van der Waals surface area contributed by atoms with E-state index in [1.54, 1.807) is 35.2 Å². The molecule has 0 aliphatic heterocycles. The van der Waals surface area contributed by atoms with Crippen LogP contribution in [0.5, 0.6) is 0 Å². The number of hydrogen-bond acceptors (Lipinski definition) is 7. The Balaban J connectivity index is 1.65. The maximum atomic E-state index is 13.2. The molecule has 0 saturated carbocycles. The van der Waals surface area contributed by atoms with Crippen LogP contribution in [-0.2, 0) is 22.6 Å². The van der Waals surface area contributed by atoms with Crippen molar-refractivity contribution >= 4 is 74.7 Å². The van der Waals surface area contributed by atoms with Crippen LogP contribution < -0.4 is 20.9 Å². The van der Waals surface area contributed by atoms with Crippen molar-refractivity contribution in [3.63, 3.8) is 0 Å². The van der Waals surface area contributed by atoms with Crippen LogP contribution in [0.3, 0.4) is 0 Å². The van der Waals surface area contributed by atoms with Gasteiger partial charge in [-0.1, -0.05) is 40.9 Å². The summed E-state index contributed by atoms with van der Waals surface area (Å²) in [5, 5.41) is 17.9. The summed E-state index contributed by atoms with van der Waals surface area (Å²) in [4.78, 5) is 55.6. The lowest BCUT2D eigenvalue weighted by Crippen LogP contribution is -2.41. The first kappa shape index (κ1) is 27.6. The van der Waals surface area contributed by atoms with Gasteiger partial charge >= 0.3 is 5.91 Å². The van der Waals surface area contributed by atoms with Gasteiger partial charge in [0.15, 0.2) is 12.4 Å². The molecule has 0 atom stereocenters. The molecule has 4 aromatic rings. The van der Waals surface area contributed by atoms with Crippen molar-refractivity contribution in [2.45, 2.75) is 13.0 Å². The number of non-ortho nitro benzene ring substituents is 1. The predicted molar refractivity (Wildman–Crippen MR) is 145 cm³/mol. The molecule has 2 aromatic carbocycles. The largest absolute Gasteiger partial charge is 0.319 e. The van der Waals surface area contributed by atoms with Crippen molar-refractivity contribution < 1.29 is 19.1 Å². The topological polar surface area (TPSA) is 163 Å². The molecule has 39 heavy (non-hydrogen) atoms. The minimum absolute atomic E-state index is 0.0879. The summed E-state index contributed by atoms with van der Waals surface area (Å²) in [5.41, 5.74) is 1.44. The number of carbonyl (C=O) groups excluding carboxylic acids is 2. The second-order valence-corrected chi connectivity index (χ2v) is 9.21. The van der Waals surface area contributed by atoms with Crippen LogP contribution in [0.25, 0.3) is 11.0 Å². The van der Waals surface area contributed by atoms with Crippen LogP contribution >= 0.6 is 34.8 Å². The van der Waals surface area contributed by atoms with Gasteiger partial charge in [-0.05, 0) is 18.2 Å². The highest BCUT2D eigenvalue weighted by Gasteiger charge is 2.20. The van der Waals surface area contributed by atoms with Gasteiger partial charge in [0.05, 0.1) is 36.7 Å². The molecular weight excluding hydrogens is 573 g/mol. The summed E-state index contributed by atoms with van der Waals surface area (Å²) < 4.78 is 1.59. The molecule has 0 fully saturated rings. The number of rotatable bonds is 8. The minimum atomic E-state index is -0.812. The van der Waals surface area contributed by atoms with Gasteiger partial charge in [0.25, 0.3) is 17.2 Å². The molecule has 0 spiro atoms. The first-order valence-electron chi connectivity index (χ1n) is 11.0. The molecule has 15 heteroatoms. The number of nitro benzene ring substituents is 1. The number of H-pyrrole nitrogens is 1. The Hall–Kier alpha value is -4.39. The number of fused-ring (bicyclic) bond motifs is 1. The molecule has 0 radical (unpaired) electrons. The highest BCUT2D eigenvalue weighted by molar-refractivity contribution is 6.46. The fourth-order valence-corrected chi connectivity index (χ4v) is 3.95. The van der Waals surface area contributed by atoms with E-state index in [1.807, 2.05) is 0 Å². The number of hydrazone groups is 1. The number of nitro groups is 1. The highest BCUT2D eigenvalue weighted by atomic mass is 35.5. The molecule has 0 saturated heterocycles. The number of aromatic amines is 1. The standard InChI is InChI=1S/C24H16Cl3N7O5/c25-14-9-16(27)18(10-15(14)26)29-24(37)21(31-32-22(35)12-33-6-2-1-3-7-33)11-20-23(36)30-19-8-13(34(38)39)4-5-17(19)28-20/h1-10H,11-12H2,(H2-,29,30,32,35,36,37)/p+1. The number of halogens is 3. The van der Waals surface area contributed by atoms with E-state index < -0.39 is 28.7 Å². The van der Waals surface area contributed by atoms with E-state index in [9.17, 15) is 24.5 Å². The Morgan fingerprint density at radius 3 is 2.49 bits per heavy atom. The fourth-order valence-electron chi connectivity index (χ4n) is 3.36. The zero-order chi connectivity index (χ0) is 28.1. The van der Waals surface area contributed by atoms with Crippen LogP contribution in [0, 0.1) is 10.1 Å². The van der Waals surface area contributed by atoms with Gasteiger partial charge in [-0.25, -0.2) is 10.4 Å². The maximum Gasteiger partial charge on any atom is 0.305 e. The summed E-state index contributed by atoms with van der Waals surface area (Å²) in [6, 6.07) is 11.7. The Morgan fingerprint density at radius 1 is 1.05 bits per heavy atom. The molecule has 2 heterocycles. The van der Waals surface area contributed by atoms with E-state index in [0.29, 0.717) is 0 Å². The van der Waals surface area contributed by atoms with Crippen LogP contribution in [0.1, 0.15) is 5.69 Å². The summed E-state index contributed by atoms with van der Waals surface area (Å²) in [6.45, 7) is -0.0918. The van der Waals surface area contributed by atoms with Crippen molar-refractivity contribution in [2.75, 3.05) is 5.32 Å². The summed E-state index contributed by atoms with van der Waals surface area (Å²) >= 11 is 18.2. The summed E-state index contributed by atoms with van der Waals surface area (Å²) in [7, 11) is 0. The monoisotopic (exact) mass is 588 g/mol. The molecule has 2 aromatic heterocycles. The van der Waals surface area contributed by atoms with E-state index in [2.05, 4.69) is 25.8 Å². The predicted octanol–water partition coefficient (Wildman–Crippen LogP) is 3.43. The van der Waals surface area contributed by atoms with Gasteiger partial charge in [-0.2, -0.15) is 9.67 Å². The summed E-state index contributed by atoms with van der Waals surface area (Å²) in [5.74, 6) is -1.36. The van der Waals surface area contributed by atoms with Gasteiger partial charge in [0.2, 0.25) is 6.54 Å². The van der Waals surface area contributed by atoms with Gasteiger partial charge < -0.3 is 10.3 Å². The number of aromatic nitrogens is 3. The average molecular weight is 590 g/mol. The van der Waals surface area contributed by atoms with Crippen molar-refractivity contribution in [1.29, 1.82) is 0 Å². The van der Waals surface area contributed by atoms with Crippen molar-refractivity contribution in [3.05, 3.63) is 102 Å². The zero-order valence-corrected chi connectivity index (χ0v) is 21.9. The number of nitrogens with zero attached hydrogens (tertiary/aromatic N) is 4. The maximum absolute atomic E-state index is 13.2. The van der Waals surface area contributed by atoms with Crippen LogP contribution in [0.15, 0.2) is 70.8 Å². The molecular formula is C24H17Cl3N7O5+. The Labute approximate surface area is 234 Å². The SMILES string of the molecule is O=C(C[n+]1ccccc1)N/N=C(\Cc1nc2ccc([N+](=O)[O-])cc2[nH]c1=O)C(=O)Nc1cc(Cl)c(Cl)cc1Cl. The van der Waals surface area contributed by atoms with Crippen molar-refractivity contribution in [3.8, 4) is 0 Å². The molecule has 0 aliphatic carbocycles. The normalized spacial score (nSPS) is 11.3. The minimum Gasteiger partial charge on any atom is -0.319 e. The van der Waals surface area contributed by atoms with E-state index >= 15 is 0 Å². The molecule has 12 nitrogen and oxygen atoms in total. The Kier molecular flexibility index (Phi) is 8.49. The number of anilines is 1. The van der Waals surface area contributed by atoms with Crippen molar-refractivity contribution in [2.24, 2.45) is 5.10 Å².